The first kappa shape index (κ1) is 11.4. The molecule has 0 saturated carbocycles. The van der Waals surface area contributed by atoms with Gasteiger partial charge in [0.15, 0.2) is 6.29 Å². The van der Waals surface area contributed by atoms with E-state index in [0.29, 0.717) is 0 Å². The van der Waals surface area contributed by atoms with Crippen molar-refractivity contribution < 1.29 is 24.5 Å². The number of amides is 1. The fourth-order valence-electron chi connectivity index (χ4n) is 1.47. The van der Waals surface area contributed by atoms with Gasteiger partial charge >= 0.3 is 0 Å². The highest BCUT2D eigenvalue weighted by atomic mass is 16.7. The molecule has 4 atom stereocenters. The number of hydrogen-bond acceptors (Lipinski definition) is 5. The molecule has 0 bridgehead atoms. The SMILES string of the molecule is CO[C@H]1O[C@@H](CO)[C@H](O)[C@@H]1NC(C)=O. The topological polar surface area (TPSA) is 88.0 Å². The molecule has 82 valence electrons. The Labute approximate surface area is 81.8 Å². The van der Waals surface area contributed by atoms with Crippen LogP contribution < -0.4 is 5.32 Å². The van der Waals surface area contributed by atoms with Crippen LogP contribution in [0.2, 0.25) is 0 Å². The largest absolute Gasteiger partial charge is 0.394 e. The smallest absolute Gasteiger partial charge is 0.217 e. The third-order valence-corrected chi connectivity index (χ3v) is 2.13. The van der Waals surface area contributed by atoms with E-state index in [-0.39, 0.29) is 12.5 Å². The molecule has 1 saturated heterocycles. The Morgan fingerprint density at radius 1 is 1.64 bits per heavy atom. The van der Waals surface area contributed by atoms with Crippen LogP contribution in [0.4, 0.5) is 0 Å². The van der Waals surface area contributed by atoms with Gasteiger partial charge in [0, 0.05) is 14.0 Å². The number of carbonyl (C=O) groups excluding carboxylic acids is 1. The number of aliphatic hydroxyl groups is 2. The summed E-state index contributed by atoms with van der Waals surface area (Å²) in [5.41, 5.74) is 0. The lowest BCUT2D eigenvalue weighted by atomic mass is 10.1. The molecule has 1 heterocycles. The van der Waals surface area contributed by atoms with Crippen LogP contribution in [-0.2, 0) is 14.3 Å². The maximum atomic E-state index is 10.8. The van der Waals surface area contributed by atoms with E-state index in [1.165, 1.54) is 14.0 Å². The number of hydrogen-bond donors (Lipinski definition) is 3. The predicted octanol–water partition coefficient (Wildman–Crippen LogP) is -1.78. The highest BCUT2D eigenvalue weighted by molar-refractivity contribution is 5.73. The minimum Gasteiger partial charge on any atom is -0.394 e. The van der Waals surface area contributed by atoms with Crippen LogP contribution in [0, 0.1) is 0 Å². The van der Waals surface area contributed by atoms with Crippen molar-refractivity contribution in [3.63, 3.8) is 0 Å². The summed E-state index contributed by atoms with van der Waals surface area (Å²) < 4.78 is 10.1. The van der Waals surface area contributed by atoms with E-state index in [9.17, 15) is 9.90 Å². The Bertz CT molecular complexity index is 208. The lowest BCUT2D eigenvalue weighted by Crippen LogP contribution is -2.47. The molecule has 0 unspecified atom stereocenters. The molecule has 0 aromatic carbocycles. The van der Waals surface area contributed by atoms with E-state index < -0.39 is 24.5 Å². The lowest BCUT2D eigenvalue weighted by Gasteiger charge is -2.19. The number of ether oxygens (including phenoxy) is 2. The standard InChI is InChI=1S/C8H15NO5/c1-4(11)9-6-7(12)5(3-10)14-8(6)13-2/h5-8,10,12H,3H2,1-2H3,(H,9,11)/t5-,6-,7-,8-/m0/s1. The average molecular weight is 205 g/mol. The van der Waals surface area contributed by atoms with Crippen LogP contribution in [0.1, 0.15) is 6.92 Å². The highest BCUT2D eigenvalue weighted by Crippen LogP contribution is 2.21. The zero-order valence-corrected chi connectivity index (χ0v) is 8.14. The minimum absolute atomic E-state index is 0.279. The summed E-state index contributed by atoms with van der Waals surface area (Å²) in [6.45, 7) is 1.03. The molecule has 3 N–H and O–H groups in total. The van der Waals surface area contributed by atoms with Gasteiger partial charge in [-0.2, -0.15) is 0 Å². The monoisotopic (exact) mass is 205 g/mol. The second-order valence-electron chi connectivity index (χ2n) is 3.18. The summed E-state index contributed by atoms with van der Waals surface area (Å²) in [4.78, 5) is 10.8. The van der Waals surface area contributed by atoms with Gasteiger partial charge in [0.1, 0.15) is 18.2 Å². The van der Waals surface area contributed by atoms with Gasteiger partial charge < -0.3 is 25.0 Å². The zero-order chi connectivity index (χ0) is 10.7. The van der Waals surface area contributed by atoms with Crippen molar-refractivity contribution in [1.29, 1.82) is 0 Å². The van der Waals surface area contributed by atoms with Gasteiger partial charge in [0.05, 0.1) is 6.61 Å². The fourth-order valence-corrected chi connectivity index (χ4v) is 1.47. The first-order valence-corrected chi connectivity index (χ1v) is 4.34. The average Bonchev–Trinajstić information content (AvgIpc) is 2.43. The van der Waals surface area contributed by atoms with E-state index in [4.69, 9.17) is 14.6 Å². The number of methoxy groups -OCH3 is 1. The number of aliphatic hydroxyl groups excluding tert-OH is 2. The third kappa shape index (κ3) is 2.21. The van der Waals surface area contributed by atoms with Crippen molar-refractivity contribution >= 4 is 5.91 Å². The van der Waals surface area contributed by atoms with Crippen molar-refractivity contribution in [2.45, 2.75) is 31.5 Å². The third-order valence-electron chi connectivity index (χ3n) is 2.13. The summed E-state index contributed by atoms with van der Waals surface area (Å²) in [5.74, 6) is -0.279. The summed E-state index contributed by atoms with van der Waals surface area (Å²) in [7, 11) is 1.41. The van der Waals surface area contributed by atoms with Crippen LogP contribution in [0.15, 0.2) is 0 Å². The quantitative estimate of drug-likeness (QED) is 0.506. The van der Waals surface area contributed by atoms with Gasteiger partial charge in [-0.25, -0.2) is 0 Å². The lowest BCUT2D eigenvalue weighted by molar-refractivity contribution is -0.138. The van der Waals surface area contributed by atoms with Gasteiger partial charge in [-0.3, -0.25) is 4.79 Å². The number of carbonyl (C=O) groups is 1. The van der Waals surface area contributed by atoms with Crippen LogP contribution in [0.5, 0.6) is 0 Å². The first-order chi connectivity index (χ1) is 6.60. The molecule has 0 aromatic heterocycles. The van der Waals surface area contributed by atoms with Crippen LogP contribution in [0.25, 0.3) is 0 Å². The molecule has 6 nitrogen and oxygen atoms in total. The molecule has 0 spiro atoms. The molecule has 1 aliphatic heterocycles. The number of rotatable bonds is 3. The summed E-state index contributed by atoms with van der Waals surface area (Å²) in [6.07, 6.45) is -2.38. The molecule has 1 amide bonds. The Balaban J connectivity index is 2.64. The Kier molecular flexibility index (Phi) is 3.82. The van der Waals surface area contributed by atoms with E-state index in [1.54, 1.807) is 0 Å². The molecule has 0 aliphatic carbocycles. The van der Waals surface area contributed by atoms with Gasteiger partial charge in [-0.1, -0.05) is 0 Å². The van der Waals surface area contributed by atoms with E-state index in [2.05, 4.69) is 5.32 Å². The second-order valence-corrected chi connectivity index (χ2v) is 3.18. The van der Waals surface area contributed by atoms with Crippen molar-refractivity contribution in [1.82, 2.24) is 5.32 Å². The van der Waals surface area contributed by atoms with Gasteiger partial charge in [-0.15, -0.1) is 0 Å². The molecular formula is C8H15NO5. The summed E-state index contributed by atoms with van der Waals surface area (Å²) >= 11 is 0. The van der Waals surface area contributed by atoms with Crippen molar-refractivity contribution in [2.75, 3.05) is 13.7 Å². The molecule has 0 aromatic rings. The van der Waals surface area contributed by atoms with Crippen LogP contribution in [0.3, 0.4) is 0 Å². The second kappa shape index (κ2) is 4.70. The summed E-state index contributed by atoms with van der Waals surface area (Å²) in [5, 5.41) is 21.0. The predicted molar refractivity (Wildman–Crippen MR) is 46.4 cm³/mol. The first-order valence-electron chi connectivity index (χ1n) is 4.34. The molecule has 14 heavy (non-hydrogen) atoms. The van der Waals surface area contributed by atoms with E-state index in [1.807, 2.05) is 0 Å². The molecule has 1 aliphatic rings. The Morgan fingerprint density at radius 3 is 2.71 bits per heavy atom. The van der Waals surface area contributed by atoms with E-state index in [0.717, 1.165) is 0 Å². The molecule has 6 heteroatoms. The zero-order valence-electron chi connectivity index (χ0n) is 8.14. The molecule has 1 rings (SSSR count). The van der Waals surface area contributed by atoms with E-state index >= 15 is 0 Å². The van der Waals surface area contributed by atoms with Crippen LogP contribution in [-0.4, -0.2) is 54.4 Å². The normalized spacial score (nSPS) is 37.1. The highest BCUT2D eigenvalue weighted by Gasteiger charge is 2.43. The van der Waals surface area contributed by atoms with Gasteiger partial charge in [0.25, 0.3) is 0 Å². The summed E-state index contributed by atoms with van der Waals surface area (Å²) in [6, 6.07) is -0.630. The maximum Gasteiger partial charge on any atom is 0.217 e. The van der Waals surface area contributed by atoms with Crippen molar-refractivity contribution in [3.8, 4) is 0 Å². The Hall–Kier alpha value is -0.690. The molecular weight excluding hydrogens is 190 g/mol. The number of nitrogens with one attached hydrogen (secondary N) is 1. The van der Waals surface area contributed by atoms with Crippen molar-refractivity contribution in [2.24, 2.45) is 0 Å². The fraction of sp³-hybridized carbons (Fsp3) is 0.875. The van der Waals surface area contributed by atoms with Crippen LogP contribution >= 0.6 is 0 Å². The van der Waals surface area contributed by atoms with Crippen molar-refractivity contribution in [3.05, 3.63) is 0 Å². The molecule has 1 fully saturated rings. The molecule has 0 radical (unpaired) electrons. The Morgan fingerprint density at radius 2 is 2.29 bits per heavy atom. The minimum atomic E-state index is -0.950. The van der Waals surface area contributed by atoms with Gasteiger partial charge in [0.2, 0.25) is 5.91 Å². The van der Waals surface area contributed by atoms with Gasteiger partial charge in [-0.05, 0) is 0 Å². The maximum absolute atomic E-state index is 10.8.